The first-order chi connectivity index (χ1) is 12.5. The number of imidazole rings is 1. The Balaban J connectivity index is 2.01. The number of carbonyl (C=O) groups is 1. The van der Waals surface area contributed by atoms with Gasteiger partial charge in [-0.25, -0.2) is 4.98 Å². The van der Waals surface area contributed by atoms with Crippen molar-refractivity contribution in [3.8, 4) is 0 Å². The minimum atomic E-state index is -0.486. The molecule has 0 fully saturated rings. The van der Waals surface area contributed by atoms with Crippen molar-refractivity contribution in [3.05, 3.63) is 53.0 Å². The van der Waals surface area contributed by atoms with E-state index >= 15 is 0 Å². The van der Waals surface area contributed by atoms with E-state index in [1.54, 1.807) is 41.2 Å². The average molecular weight is 355 g/mol. The number of aliphatic imine (C=N–C) groups is 1. The highest BCUT2D eigenvalue weighted by atomic mass is 16.3. The van der Waals surface area contributed by atoms with Crippen molar-refractivity contribution in [3.63, 3.8) is 0 Å². The van der Waals surface area contributed by atoms with E-state index in [4.69, 9.17) is 11.1 Å². The molecule has 1 amide bonds. The van der Waals surface area contributed by atoms with Gasteiger partial charge in [0.25, 0.3) is 5.91 Å². The lowest BCUT2D eigenvalue weighted by molar-refractivity contribution is -0.114. The molecule has 0 aliphatic heterocycles. The van der Waals surface area contributed by atoms with E-state index in [-0.39, 0.29) is 18.7 Å². The van der Waals surface area contributed by atoms with Crippen LogP contribution in [0.3, 0.4) is 0 Å². The quantitative estimate of drug-likeness (QED) is 0.455. The number of nitroso groups, excluding NO2 is 1. The third kappa shape index (κ3) is 5.15. The lowest BCUT2D eigenvalue weighted by atomic mass is 10.1. The summed E-state index contributed by atoms with van der Waals surface area (Å²) in [5, 5.41) is 13.5. The third-order valence-electron chi connectivity index (χ3n) is 3.68. The zero-order chi connectivity index (χ0) is 18.9. The first-order valence-corrected chi connectivity index (χ1v) is 8.04. The molecule has 9 heteroatoms. The normalized spacial score (nSPS) is 11.2. The van der Waals surface area contributed by atoms with Crippen molar-refractivity contribution in [1.29, 1.82) is 5.41 Å². The summed E-state index contributed by atoms with van der Waals surface area (Å²) in [6, 6.07) is 6.56. The van der Waals surface area contributed by atoms with Crippen LogP contribution in [-0.2, 0) is 18.3 Å². The van der Waals surface area contributed by atoms with E-state index in [1.807, 2.05) is 7.05 Å². The molecule has 1 heterocycles. The Labute approximate surface area is 150 Å². The van der Waals surface area contributed by atoms with Crippen LogP contribution in [0.1, 0.15) is 11.4 Å². The Morgan fingerprint density at radius 1 is 1.35 bits per heavy atom. The highest BCUT2D eigenvalue weighted by molar-refractivity contribution is 6.38. The fraction of sp³-hybridized carbons (Fsp3) is 0.294. The molecule has 0 saturated carbocycles. The molecule has 1 aromatic carbocycles. The Bertz CT molecular complexity index is 809. The number of benzene rings is 1. The number of carbonyl (C=O) groups excluding carboxylic acids is 1. The topological polar surface area (TPSA) is 139 Å². The molecule has 0 atom stereocenters. The van der Waals surface area contributed by atoms with E-state index in [2.05, 4.69) is 20.5 Å². The molecule has 0 aliphatic carbocycles. The molecule has 4 N–H and O–H groups in total. The number of hydrogen-bond acceptors (Lipinski definition) is 7. The van der Waals surface area contributed by atoms with Crippen LogP contribution in [-0.4, -0.2) is 46.5 Å². The highest BCUT2D eigenvalue weighted by Gasteiger charge is 2.14. The molecular formula is C17H21N7O2. The summed E-state index contributed by atoms with van der Waals surface area (Å²) in [6.07, 6.45) is 3.52. The minimum Gasteiger partial charge on any atom is -0.345 e. The van der Waals surface area contributed by atoms with Gasteiger partial charge in [0.2, 0.25) is 0 Å². The number of nitrogens with zero attached hydrogens (tertiary/aromatic N) is 4. The van der Waals surface area contributed by atoms with Crippen molar-refractivity contribution in [2.45, 2.75) is 6.42 Å². The second-order valence-corrected chi connectivity index (χ2v) is 5.55. The van der Waals surface area contributed by atoms with Crippen molar-refractivity contribution in [1.82, 2.24) is 14.9 Å². The van der Waals surface area contributed by atoms with Crippen molar-refractivity contribution < 1.29 is 4.79 Å². The van der Waals surface area contributed by atoms with Crippen LogP contribution >= 0.6 is 0 Å². The van der Waals surface area contributed by atoms with E-state index < -0.39 is 5.91 Å². The van der Waals surface area contributed by atoms with Gasteiger partial charge < -0.3 is 15.6 Å². The summed E-state index contributed by atoms with van der Waals surface area (Å²) >= 11 is 0. The first-order valence-electron chi connectivity index (χ1n) is 8.04. The van der Waals surface area contributed by atoms with Gasteiger partial charge in [-0.05, 0) is 22.9 Å². The van der Waals surface area contributed by atoms with Gasteiger partial charge in [0, 0.05) is 26.0 Å². The van der Waals surface area contributed by atoms with Crippen LogP contribution in [0.15, 0.2) is 46.8 Å². The maximum Gasteiger partial charge on any atom is 0.265 e. The molecule has 0 aliphatic rings. The molecule has 0 bridgehead atoms. The van der Waals surface area contributed by atoms with E-state index in [9.17, 15) is 9.70 Å². The second kappa shape index (κ2) is 9.33. The maximum atomic E-state index is 12.2. The summed E-state index contributed by atoms with van der Waals surface area (Å²) < 4.78 is 1.76. The van der Waals surface area contributed by atoms with Crippen LogP contribution in [0, 0.1) is 10.3 Å². The number of hydrogen-bond donors (Lipinski definition) is 3. The van der Waals surface area contributed by atoms with Gasteiger partial charge in [-0.15, -0.1) is 4.91 Å². The summed E-state index contributed by atoms with van der Waals surface area (Å²) in [4.78, 5) is 31.2. The van der Waals surface area contributed by atoms with E-state index in [1.165, 1.54) is 0 Å². The standard InChI is InChI=1S/C17H21N7O2/c1-24-9-8-21-16(24)10-14(19)17(25)22-11-15(20-7-6-18)12-2-4-13(23-26)5-3-12/h2-5,8-9,19H,6-7,10-11,18H2,1H3,(H,22,25). The van der Waals surface area contributed by atoms with Gasteiger partial charge in [-0.3, -0.25) is 15.2 Å². The molecule has 2 rings (SSSR count). The number of nitrogens with two attached hydrogens (primary N) is 1. The SMILES string of the molecule is Cn1ccnc1CC(=N)C(=O)NCC(=NCCN)c1ccc(N=O)cc1. The van der Waals surface area contributed by atoms with Crippen LogP contribution in [0.2, 0.25) is 0 Å². The second-order valence-electron chi connectivity index (χ2n) is 5.55. The highest BCUT2D eigenvalue weighted by Crippen LogP contribution is 2.13. The lowest BCUT2D eigenvalue weighted by Crippen LogP contribution is -2.36. The van der Waals surface area contributed by atoms with Gasteiger partial charge in [0.1, 0.15) is 17.2 Å². The fourth-order valence-corrected chi connectivity index (χ4v) is 2.24. The van der Waals surface area contributed by atoms with Crippen molar-refractivity contribution >= 4 is 23.0 Å². The van der Waals surface area contributed by atoms with E-state index in [0.717, 1.165) is 5.56 Å². The number of aromatic nitrogens is 2. The molecule has 0 saturated heterocycles. The molecule has 26 heavy (non-hydrogen) atoms. The smallest absolute Gasteiger partial charge is 0.265 e. The molecule has 136 valence electrons. The number of amides is 1. The van der Waals surface area contributed by atoms with Gasteiger partial charge in [-0.2, -0.15) is 0 Å². The maximum absolute atomic E-state index is 12.2. The molecule has 0 unspecified atom stereocenters. The predicted octanol–water partition coefficient (Wildman–Crippen LogP) is 0.944. The van der Waals surface area contributed by atoms with Crippen LogP contribution in [0.4, 0.5) is 5.69 Å². The van der Waals surface area contributed by atoms with E-state index in [0.29, 0.717) is 30.3 Å². The Morgan fingerprint density at radius 3 is 2.65 bits per heavy atom. The number of rotatable bonds is 9. The van der Waals surface area contributed by atoms with Crippen LogP contribution in [0.5, 0.6) is 0 Å². The summed E-state index contributed by atoms with van der Waals surface area (Å²) in [5.41, 5.74) is 7.10. The average Bonchev–Trinajstić information content (AvgIpc) is 3.06. The summed E-state index contributed by atoms with van der Waals surface area (Å²) in [7, 11) is 1.81. The zero-order valence-corrected chi connectivity index (χ0v) is 14.5. The Morgan fingerprint density at radius 2 is 2.08 bits per heavy atom. The van der Waals surface area contributed by atoms with Crippen LogP contribution < -0.4 is 11.1 Å². The van der Waals surface area contributed by atoms with Gasteiger partial charge in [0.05, 0.1) is 25.2 Å². The Hall–Kier alpha value is -3.20. The van der Waals surface area contributed by atoms with Crippen LogP contribution in [0.25, 0.3) is 0 Å². The van der Waals surface area contributed by atoms with Gasteiger partial charge >= 0.3 is 0 Å². The van der Waals surface area contributed by atoms with Gasteiger partial charge in [-0.1, -0.05) is 12.1 Å². The molecule has 9 nitrogen and oxygen atoms in total. The number of aryl methyl sites for hydroxylation is 1. The van der Waals surface area contributed by atoms with Crippen molar-refractivity contribution in [2.24, 2.45) is 23.0 Å². The minimum absolute atomic E-state index is 0.0852. The largest absolute Gasteiger partial charge is 0.345 e. The zero-order valence-electron chi connectivity index (χ0n) is 14.5. The Kier molecular flexibility index (Phi) is 6.86. The van der Waals surface area contributed by atoms with Gasteiger partial charge in [0.15, 0.2) is 0 Å². The third-order valence-corrected chi connectivity index (χ3v) is 3.68. The monoisotopic (exact) mass is 355 g/mol. The fourth-order valence-electron chi connectivity index (χ4n) is 2.24. The molecule has 0 radical (unpaired) electrons. The molecule has 2 aromatic rings. The summed E-state index contributed by atoms with van der Waals surface area (Å²) in [6.45, 7) is 0.930. The molecule has 0 spiro atoms. The summed E-state index contributed by atoms with van der Waals surface area (Å²) in [5.74, 6) is 0.152. The molecule has 1 aromatic heterocycles. The lowest BCUT2D eigenvalue weighted by Gasteiger charge is -2.10. The first kappa shape index (κ1) is 19.1. The number of nitrogens with one attached hydrogen (secondary N) is 2. The molecular weight excluding hydrogens is 334 g/mol. The predicted molar refractivity (Wildman–Crippen MR) is 100 cm³/mol. The van der Waals surface area contributed by atoms with Crippen molar-refractivity contribution in [2.75, 3.05) is 19.6 Å².